The van der Waals surface area contributed by atoms with E-state index in [4.69, 9.17) is 0 Å². The lowest BCUT2D eigenvalue weighted by Crippen LogP contribution is -2.32. The molecule has 0 N–H and O–H groups in total. The van der Waals surface area contributed by atoms with Crippen molar-refractivity contribution in [1.82, 2.24) is 4.31 Å². The molecule has 11 heavy (non-hydrogen) atoms. The zero-order valence-corrected chi connectivity index (χ0v) is 8.49. The van der Waals surface area contributed by atoms with Gasteiger partial charge in [0.25, 0.3) is 0 Å². The predicted molar refractivity (Wildman–Crippen MR) is 45.5 cm³/mol. The van der Waals surface area contributed by atoms with E-state index in [0.717, 1.165) is 0 Å². The van der Waals surface area contributed by atoms with Crippen molar-refractivity contribution >= 4 is 29.4 Å². The molecule has 0 saturated heterocycles. The van der Waals surface area contributed by atoms with Crippen molar-refractivity contribution in [2.24, 2.45) is 0 Å². The number of rotatable bonds is 3. The maximum absolute atomic E-state index is 12.7. The number of halogens is 5. The Hall–Kier alpha value is 0.680. The van der Waals surface area contributed by atoms with Crippen molar-refractivity contribution in [3.8, 4) is 0 Å². The highest BCUT2D eigenvalue weighted by Gasteiger charge is 2.62. The molecule has 0 aromatic rings. The van der Waals surface area contributed by atoms with Crippen molar-refractivity contribution in [3.05, 3.63) is 0 Å². The lowest BCUT2D eigenvalue weighted by molar-refractivity contribution is 0.397. The fraction of sp³-hybridized carbons (Fsp3) is 1.00. The Morgan fingerprint density at radius 2 is 1.36 bits per heavy atom. The van der Waals surface area contributed by atoms with Gasteiger partial charge in [-0.1, -0.05) is 13.8 Å². The van der Waals surface area contributed by atoms with E-state index in [1.807, 2.05) is 0 Å². The first-order valence-corrected chi connectivity index (χ1v) is 6.76. The largest absolute Gasteiger partial charge is 0.226 e. The monoisotopic (exact) mass is 231 g/mol. The molecule has 0 saturated carbocycles. The summed E-state index contributed by atoms with van der Waals surface area (Å²) in [7, 11) is 1.44. The zero-order valence-electron chi connectivity index (χ0n) is 6.16. The van der Waals surface area contributed by atoms with E-state index in [1.165, 1.54) is 13.8 Å². The zero-order chi connectivity index (χ0) is 9.40. The van der Waals surface area contributed by atoms with Crippen LogP contribution in [0.2, 0.25) is 0 Å². The summed E-state index contributed by atoms with van der Waals surface area (Å²) in [5.74, 6) is 0. The fourth-order valence-corrected chi connectivity index (χ4v) is 2.86. The highest BCUT2D eigenvalue weighted by atomic mass is 36.0. The minimum atomic E-state index is -7.40. The second kappa shape index (κ2) is 2.34. The van der Waals surface area contributed by atoms with Gasteiger partial charge in [0.05, 0.1) is 0 Å². The molecule has 0 heterocycles. The Bertz CT molecular complexity index is 147. The molecule has 0 aromatic carbocycles. The molecular weight excluding hydrogens is 222 g/mol. The topological polar surface area (TPSA) is 3.24 Å². The van der Waals surface area contributed by atoms with Crippen molar-refractivity contribution in [3.63, 3.8) is 0 Å². The Morgan fingerprint density at radius 3 is 1.36 bits per heavy atom. The maximum Gasteiger partial charge on any atom is 0.226 e. The van der Waals surface area contributed by atoms with Gasteiger partial charge >= 0.3 is 0 Å². The summed E-state index contributed by atoms with van der Waals surface area (Å²) in [6.45, 7) is 2.25. The second-order valence-electron chi connectivity index (χ2n) is 2.04. The van der Waals surface area contributed by atoms with Crippen LogP contribution in [0.4, 0.5) is 11.7 Å². The number of hydrogen-bond donors (Lipinski definition) is 0. The van der Waals surface area contributed by atoms with Gasteiger partial charge in [-0.05, 0) is 0 Å². The van der Waals surface area contributed by atoms with Crippen LogP contribution in [0.3, 0.4) is 0 Å². The van der Waals surface area contributed by atoms with E-state index in [9.17, 15) is 11.7 Å². The second-order valence-corrected chi connectivity index (χ2v) is 8.74. The van der Waals surface area contributed by atoms with Crippen LogP contribution in [0.1, 0.15) is 13.8 Å². The van der Waals surface area contributed by atoms with Gasteiger partial charge in [0, 0.05) is 34.5 Å². The molecule has 7 heteroatoms. The molecule has 0 amide bonds. The van der Waals surface area contributed by atoms with Gasteiger partial charge in [-0.3, -0.25) is 0 Å². The normalized spacial score (nSPS) is 19.6. The first kappa shape index (κ1) is 11.7. The van der Waals surface area contributed by atoms with Crippen molar-refractivity contribution in [2.45, 2.75) is 13.8 Å². The molecule has 0 aromatic heterocycles. The van der Waals surface area contributed by atoms with Crippen LogP contribution >= 0.6 is 29.4 Å². The van der Waals surface area contributed by atoms with Gasteiger partial charge < -0.3 is 0 Å². The Labute approximate surface area is 72.7 Å². The minimum absolute atomic E-state index is 0.128. The van der Waals surface area contributed by atoms with Crippen molar-refractivity contribution < 1.29 is 11.7 Å². The van der Waals surface area contributed by atoms with Crippen LogP contribution in [0.15, 0.2) is 0 Å². The van der Waals surface area contributed by atoms with Crippen LogP contribution in [0.25, 0.3) is 0 Å². The van der Waals surface area contributed by atoms with Crippen LogP contribution in [0.5, 0.6) is 0 Å². The molecule has 1 nitrogen and oxygen atoms in total. The first-order chi connectivity index (χ1) is 4.51. The van der Waals surface area contributed by atoms with Gasteiger partial charge in [-0.2, -0.15) is 4.31 Å². The average Bonchev–Trinajstić information content (AvgIpc) is 1.60. The van der Waals surface area contributed by atoms with Gasteiger partial charge in [-0.25, -0.2) is 0 Å². The Balaban J connectivity index is 4.81. The molecule has 0 spiro atoms. The quantitative estimate of drug-likeness (QED) is 0.708. The highest BCUT2D eigenvalue weighted by molar-refractivity contribution is 8.81. The third-order valence-corrected chi connectivity index (χ3v) is 3.86. The molecule has 0 radical (unpaired) electrons. The minimum Gasteiger partial charge on any atom is -0.195 e. The predicted octanol–water partition coefficient (Wildman–Crippen LogP) is 4.08. The standard InChI is InChI=1S/C4H10Cl2F3NS/c1-3-10(4-2)11(5,6,7,8)9/h3-4H2,1-2H3. The molecule has 72 valence electrons. The van der Waals surface area contributed by atoms with Gasteiger partial charge in [-0.15, -0.1) is 11.7 Å². The molecule has 0 aliphatic carbocycles. The summed E-state index contributed by atoms with van der Waals surface area (Å²) >= 11 is 0. The smallest absolute Gasteiger partial charge is 0.195 e. The van der Waals surface area contributed by atoms with Gasteiger partial charge in [0.15, 0.2) is 0 Å². The van der Waals surface area contributed by atoms with E-state index < -0.39 is 8.07 Å². The van der Waals surface area contributed by atoms with E-state index >= 15 is 0 Å². The lowest BCUT2D eigenvalue weighted by atomic mass is 10.7. The molecule has 0 aliphatic rings. The molecule has 0 rings (SSSR count). The first-order valence-electron chi connectivity index (χ1n) is 3.00. The summed E-state index contributed by atoms with van der Waals surface area (Å²) < 4.78 is 38.1. The van der Waals surface area contributed by atoms with Crippen LogP contribution < -0.4 is 0 Å². The summed E-state index contributed by atoms with van der Waals surface area (Å²) in [4.78, 5) is 0. The van der Waals surface area contributed by atoms with Crippen LogP contribution in [0, 0.1) is 0 Å². The molecule has 0 atom stereocenters. The third kappa shape index (κ3) is 3.73. The third-order valence-electron chi connectivity index (χ3n) is 1.19. The van der Waals surface area contributed by atoms with Gasteiger partial charge in [0.2, 0.25) is 8.07 Å². The van der Waals surface area contributed by atoms with Crippen LogP contribution in [-0.2, 0) is 0 Å². The molecule has 0 bridgehead atoms. The maximum atomic E-state index is 12.7. The Morgan fingerprint density at radius 1 is 1.09 bits per heavy atom. The molecular formula is C4H10Cl2F3NS. The Kier molecular flexibility index (Phi) is 2.48. The highest BCUT2D eigenvalue weighted by Crippen LogP contribution is 3.03. The lowest BCUT2D eigenvalue weighted by Gasteiger charge is -2.52. The summed E-state index contributed by atoms with van der Waals surface area (Å²) in [6, 6.07) is 0. The van der Waals surface area contributed by atoms with E-state index in [2.05, 4.69) is 21.4 Å². The summed E-state index contributed by atoms with van der Waals surface area (Å²) in [6.07, 6.45) is 0. The molecule has 0 aliphatic heterocycles. The van der Waals surface area contributed by atoms with Crippen molar-refractivity contribution in [2.75, 3.05) is 13.1 Å². The fourth-order valence-electron chi connectivity index (χ4n) is 0.712. The number of nitrogens with zero attached hydrogens (tertiary/aromatic N) is 1. The molecule has 0 fully saturated rings. The van der Waals surface area contributed by atoms with Gasteiger partial charge in [0.1, 0.15) is 0 Å². The SMILES string of the molecule is CCN(CC)S(F)(F)(F)(Cl)Cl. The van der Waals surface area contributed by atoms with Crippen LogP contribution in [-0.4, -0.2) is 17.4 Å². The van der Waals surface area contributed by atoms with E-state index in [-0.39, 0.29) is 17.4 Å². The van der Waals surface area contributed by atoms with E-state index in [1.54, 1.807) is 0 Å². The number of hydrogen-bond acceptors (Lipinski definition) is 1. The summed E-state index contributed by atoms with van der Waals surface area (Å²) in [5, 5.41) is 0. The van der Waals surface area contributed by atoms with Crippen molar-refractivity contribution in [1.29, 1.82) is 0 Å². The molecule has 0 unspecified atom stereocenters. The average molecular weight is 232 g/mol. The summed E-state index contributed by atoms with van der Waals surface area (Å²) in [5.41, 5.74) is 0. The van der Waals surface area contributed by atoms with E-state index in [0.29, 0.717) is 0 Å².